The zero-order valence-electron chi connectivity index (χ0n) is 16.8. The van der Waals surface area contributed by atoms with Gasteiger partial charge in [-0.25, -0.2) is 0 Å². The summed E-state index contributed by atoms with van der Waals surface area (Å²) in [7, 11) is 3.49. The third kappa shape index (κ3) is 4.16. The summed E-state index contributed by atoms with van der Waals surface area (Å²) in [5, 5.41) is 8.71. The van der Waals surface area contributed by atoms with E-state index in [-0.39, 0.29) is 13.2 Å². The minimum atomic E-state index is -0.0374. The molecule has 8 nitrogen and oxygen atoms in total. The van der Waals surface area contributed by atoms with E-state index in [9.17, 15) is 9.59 Å². The van der Waals surface area contributed by atoms with E-state index in [4.69, 9.17) is 0 Å². The second-order valence-corrected chi connectivity index (χ2v) is 7.82. The first-order valence-electron chi connectivity index (χ1n) is 9.97. The normalized spacial score (nSPS) is 16.9. The van der Waals surface area contributed by atoms with E-state index >= 15 is 0 Å². The van der Waals surface area contributed by atoms with Crippen LogP contribution in [0.3, 0.4) is 0 Å². The molecule has 1 fully saturated rings. The monoisotopic (exact) mass is 396 g/mol. The second kappa shape index (κ2) is 8.06. The Kier molecular flexibility index (Phi) is 5.33. The van der Waals surface area contributed by atoms with Gasteiger partial charge < -0.3 is 14.8 Å². The number of nitrogens with zero attached hydrogens (tertiary/aromatic N) is 5. The van der Waals surface area contributed by atoms with E-state index in [1.54, 1.807) is 36.1 Å². The number of rotatable bonds is 5. The predicted molar refractivity (Wildman–Crippen MR) is 112 cm³/mol. The molecule has 3 aromatic rings. The number of fused-ring (bicyclic) bond motifs is 1. The van der Waals surface area contributed by atoms with Gasteiger partial charge in [0.05, 0.1) is 12.7 Å². The first-order chi connectivity index (χ1) is 14.0. The Morgan fingerprint density at radius 2 is 2.17 bits per heavy atom. The summed E-state index contributed by atoms with van der Waals surface area (Å²) in [4.78, 5) is 31.6. The summed E-state index contributed by atoms with van der Waals surface area (Å²) in [5.74, 6) is 0.425. The molecule has 8 heteroatoms. The van der Waals surface area contributed by atoms with Gasteiger partial charge in [-0.15, -0.1) is 5.10 Å². The third-order valence-corrected chi connectivity index (χ3v) is 5.56. The molecule has 1 unspecified atom stereocenters. The molecule has 1 aliphatic rings. The molecule has 1 N–H and O–H groups in total. The van der Waals surface area contributed by atoms with Crippen LogP contribution < -0.4 is 0 Å². The molecule has 1 atom stereocenters. The highest BCUT2D eigenvalue weighted by atomic mass is 16.2. The SMILES string of the molecule is CN(C)C(=O)c1cc2ccc(C3CCCN(C(=O)CCn4ccnn4)C3)cc2[nH]1.[HH]. The van der Waals surface area contributed by atoms with Crippen molar-refractivity contribution in [1.82, 2.24) is 29.8 Å². The van der Waals surface area contributed by atoms with Gasteiger partial charge in [0, 0.05) is 58.0 Å². The van der Waals surface area contributed by atoms with Gasteiger partial charge in [0.25, 0.3) is 5.91 Å². The van der Waals surface area contributed by atoms with Crippen molar-refractivity contribution in [3.8, 4) is 0 Å². The van der Waals surface area contributed by atoms with Gasteiger partial charge in [0.2, 0.25) is 5.91 Å². The molecule has 0 saturated carbocycles. The first kappa shape index (κ1) is 19.2. The molecule has 29 heavy (non-hydrogen) atoms. The van der Waals surface area contributed by atoms with Crippen molar-refractivity contribution in [1.29, 1.82) is 0 Å². The molecule has 1 aromatic carbocycles. The average molecular weight is 396 g/mol. The van der Waals surface area contributed by atoms with Crippen LogP contribution in [0.2, 0.25) is 0 Å². The summed E-state index contributed by atoms with van der Waals surface area (Å²) in [5.41, 5.74) is 2.76. The number of hydrogen-bond acceptors (Lipinski definition) is 4. The van der Waals surface area contributed by atoms with Crippen LogP contribution in [0.4, 0.5) is 0 Å². The molecule has 2 amide bonds. The highest BCUT2D eigenvalue weighted by Gasteiger charge is 2.25. The van der Waals surface area contributed by atoms with Crippen LogP contribution in [0.25, 0.3) is 10.9 Å². The van der Waals surface area contributed by atoms with Crippen LogP contribution in [-0.4, -0.2) is 68.8 Å². The number of carbonyl (C=O) groups is 2. The minimum Gasteiger partial charge on any atom is -0.351 e. The summed E-state index contributed by atoms with van der Waals surface area (Å²) in [6.07, 6.45) is 5.88. The number of aromatic amines is 1. The highest BCUT2D eigenvalue weighted by Crippen LogP contribution is 2.30. The lowest BCUT2D eigenvalue weighted by Crippen LogP contribution is -2.39. The zero-order valence-corrected chi connectivity index (χ0v) is 16.8. The summed E-state index contributed by atoms with van der Waals surface area (Å²) < 4.78 is 1.69. The van der Waals surface area contributed by atoms with Crippen molar-refractivity contribution in [3.05, 3.63) is 47.9 Å². The molecule has 2 aromatic heterocycles. The number of benzene rings is 1. The lowest BCUT2D eigenvalue weighted by molar-refractivity contribution is -0.132. The molecule has 0 radical (unpaired) electrons. The largest absolute Gasteiger partial charge is 0.351 e. The maximum atomic E-state index is 12.6. The molecule has 1 saturated heterocycles. The van der Waals surface area contributed by atoms with Crippen molar-refractivity contribution in [2.45, 2.75) is 31.7 Å². The maximum absolute atomic E-state index is 12.6. The van der Waals surface area contributed by atoms with E-state index < -0.39 is 0 Å². The molecular formula is C21H28N6O2. The Labute approximate surface area is 171 Å². The predicted octanol–water partition coefficient (Wildman–Crippen LogP) is 2.50. The van der Waals surface area contributed by atoms with Gasteiger partial charge in [0.15, 0.2) is 0 Å². The van der Waals surface area contributed by atoms with Crippen LogP contribution in [0.15, 0.2) is 36.7 Å². The molecule has 1 aliphatic heterocycles. The lowest BCUT2D eigenvalue weighted by atomic mass is 9.90. The average Bonchev–Trinajstić information content (AvgIpc) is 3.40. The van der Waals surface area contributed by atoms with Gasteiger partial charge in [0.1, 0.15) is 5.69 Å². The molecule has 0 aliphatic carbocycles. The third-order valence-electron chi connectivity index (χ3n) is 5.56. The Balaban J connectivity index is 0.00000256. The second-order valence-electron chi connectivity index (χ2n) is 7.82. The quantitative estimate of drug-likeness (QED) is 0.718. The Bertz CT molecular complexity index is 1010. The first-order valence-corrected chi connectivity index (χ1v) is 9.97. The van der Waals surface area contributed by atoms with E-state index in [0.717, 1.165) is 36.8 Å². The molecule has 3 heterocycles. The molecule has 4 rings (SSSR count). The van der Waals surface area contributed by atoms with Crippen molar-refractivity contribution >= 4 is 22.7 Å². The number of piperidine rings is 1. The van der Waals surface area contributed by atoms with E-state index in [1.807, 2.05) is 11.0 Å². The van der Waals surface area contributed by atoms with Crippen molar-refractivity contribution in [2.75, 3.05) is 27.2 Å². The standard InChI is InChI=1S/C21H26N6O2.H2/c1-25(2)21(29)19-13-16-6-5-15(12-18(16)23-19)17-4-3-9-26(14-17)20(28)7-10-27-11-8-22-24-27;/h5-6,8,11-13,17,23H,3-4,7,9-10,14H2,1-2H3;1H. The molecule has 0 spiro atoms. The maximum Gasteiger partial charge on any atom is 0.269 e. The highest BCUT2D eigenvalue weighted by molar-refractivity contribution is 5.97. The number of H-pyrrole nitrogens is 1. The van der Waals surface area contributed by atoms with E-state index in [0.29, 0.717) is 24.6 Å². The van der Waals surface area contributed by atoms with Crippen LogP contribution >= 0.6 is 0 Å². The summed E-state index contributed by atoms with van der Waals surface area (Å²) in [6, 6.07) is 8.19. The fourth-order valence-corrected chi connectivity index (χ4v) is 3.95. The minimum absolute atomic E-state index is 0. The van der Waals surface area contributed by atoms with Crippen molar-refractivity contribution in [2.24, 2.45) is 0 Å². The van der Waals surface area contributed by atoms with Crippen LogP contribution in [0, 0.1) is 0 Å². The van der Waals surface area contributed by atoms with Gasteiger partial charge in [-0.3, -0.25) is 14.3 Å². The number of likely N-dealkylation sites (tertiary alicyclic amines) is 1. The fourth-order valence-electron chi connectivity index (χ4n) is 3.95. The smallest absolute Gasteiger partial charge is 0.269 e. The van der Waals surface area contributed by atoms with Gasteiger partial charge in [-0.05, 0) is 30.5 Å². The molecule has 0 bridgehead atoms. The number of carbonyl (C=O) groups excluding carboxylic acids is 2. The number of aryl methyl sites for hydroxylation is 1. The molecular weight excluding hydrogens is 368 g/mol. The summed E-state index contributed by atoms with van der Waals surface area (Å²) >= 11 is 0. The van der Waals surface area contributed by atoms with Crippen molar-refractivity contribution < 1.29 is 11.0 Å². The van der Waals surface area contributed by atoms with Gasteiger partial charge in [-0.2, -0.15) is 0 Å². The van der Waals surface area contributed by atoms with Crippen LogP contribution in [-0.2, 0) is 11.3 Å². The van der Waals surface area contributed by atoms with Gasteiger partial charge in [-0.1, -0.05) is 17.3 Å². The number of nitrogens with one attached hydrogen (secondary N) is 1. The van der Waals surface area contributed by atoms with Crippen molar-refractivity contribution in [3.63, 3.8) is 0 Å². The summed E-state index contributed by atoms with van der Waals surface area (Å²) in [6.45, 7) is 2.09. The Morgan fingerprint density at radius 3 is 2.93 bits per heavy atom. The van der Waals surface area contributed by atoms with Crippen LogP contribution in [0.5, 0.6) is 0 Å². The van der Waals surface area contributed by atoms with Gasteiger partial charge >= 0.3 is 0 Å². The Morgan fingerprint density at radius 1 is 1.31 bits per heavy atom. The Hall–Kier alpha value is -3.16. The fraction of sp³-hybridized carbons (Fsp3) is 0.429. The van der Waals surface area contributed by atoms with E-state index in [2.05, 4.69) is 33.5 Å². The topological polar surface area (TPSA) is 87.1 Å². The number of amides is 2. The lowest BCUT2D eigenvalue weighted by Gasteiger charge is -2.33. The number of aromatic nitrogens is 4. The van der Waals surface area contributed by atoms with E-state index in [1.165, 1.54) is 5.56 Å². The molecule has 154 valence electrons. The number of hydrogen-bond donors (Lipinski definition) is 1. The van der Waals surface area contributed by atoms with Crippen LogP contribution in [0.1, 0.15) is 42.7 Å². The zero-order chi connectivity index (χ0) is 20.4.